The van der Waals surface area contributed by atoms with Crippen molar-refractivity contribution in [2.45, 2.75) is 32.4 Å². The molecular weight excluding hydrogens is 482 g/mol. The molecule has 1 aliphatic rings. The lowest BCUT2D eigenvalue weighted by Crippen LogP contribution is -2.26. The Morgan fingerprint density at radius 1 is 0.972 bits per heavy atom. The number of benzene rings is 2. The maximum Gasteiger partial charge on any atom is 0.220 e. The molecule has 188 valence electrons. The summed E-state index contributed by atoms with van der Waals surface area (Å²) in [5.74, 6) is 1.48. The third kappa shape index (κ3) is 5.11. The summed E-state index contributed by atoms with van der Waals surface area (Å²) in [6.45, 7) is 1.72. The fourth-order valence-electron chi connectivity index (χ4n) is 4.54. The summed E-state index contributed by atoms with van der Waals surface area (Å²) in [4.78, 5) is 25.0. The first-order valence-electron chi connectivity index (χ1n) is 11.5. The topological polar surface area (TPSA) is 83.1 Å². The van der Waals surface area contributed by atoms with Gasteiger partial charge in [-0.3, -0.25) is 9.59 Å². The number of methoxy groups -OCH3 is 3. The predicted molar refractivity (Wildman–Crippen MR) is 138 cm³/mol. The Hall–Kier alpha value is -3.71. The van der Waals surface area contributed by atoms with Gasteiger partial charge in [0.25, 0.3) is 0 Å². The van der Waals surface area contributed by atoms with E-state index in [9.17, 15) is 9.59 Å². The molecule has 36 heavy (non-hydrogen) atoms. The molecule has 1 aliphatic carbocycles. The number of amides is 1. The van der Waals surface area contributed by atoms with Crippen molar-refractivity contribution in [1.82, 2.24) is 5.32 Å². The third-order valence-electron chi connectivity index (χ3n) is 6.19. The van der Waals surface area contributed by atoms with Crippen LogP contribution in [0.15, 0.2) is 53.3 Å². The summed E-state index contributed by atoms with van der Waals surface area (Å²) >= 11 is 6.04. The van der Waals surface area contributed by atoms with Crippen LogP contribution < -0.4 is 29.7 Å². The van der Waals surface area contributed by atoms with Gasteiger partial charge in [0, 0.05) is 17.5 Å². The lowest BCUT2D eigenvalue weighted by Gasteiger charge is -2.21. The van der Waals surface area contributed by atoms with Crippen molar-refractivity contribution >= 4 is 17.5 Å². The van der Waals surface area contributed by atoms with Crippen molar-refractivity contribution in [3.63, 3.8) is 0 Å². The average molecular weight is 510 g/mol. The van der Waals surface area contributed by atoms with Crippen LogP contribution in [0.4, 0.5) is 0 Å². The molecule has 0 bridgehead atoms. The van der Waals surface area contributed by atoms with Gasteiger partial charge in [-0.1, -0.05) is 29.8 Å². The first kappa shape index (κ1) is 25.4. The second-order valence-electron chi connectivity index (χ2n) is 8.46. The fraction of sp³-hybridized carbons (Fsp3) is 0.286. The predicted octanol–water partition coefficient (Wildman–Crippen LogP) is 5.10. The minimum atomic E-state index is -0.379. The van der Waals surface area contributed by atoms with Gasteiger partial charge < -0.3 is 24.3 Å². The van der Waals surface area contributed by atoms with E-state index in [-0.39, 0.29) is 29.7 Å². The quantitative estimate of drug-likeness (QED) is 0.477. The van der Waals surface area contributed by atoms with Crippen molar-refractivity contribution in [3.8, 4) is 34.1 Å². The van der Waals surface area contributed by atoms with Gasteiger partial charge in [-0.15, -0.1) is 0 Å². The van der Waals surface area contributed by atoms with E-state index in [4.69, 9.17) is 30.5 Å². The smallest absolute Gasteiger partial charge is 0.220 e. The molecule has 0 saturated heterocycles. The van der Waals surface area contributed by atoms with E-state index in [2.05, 4.69) is 5.32 Å². The van der Waals surface area contributed by atoms with E-state index in [1.807, 2.05) is 24.3 Å². The maximum atomic E-state index is 12.9. The van der Waals surface area contributed by atoms with Crippen LogP contribution in [-0.2, 0) is 17.8 Å². The number of carbonyl (C=O) groups excluding carboxylic acids is 1. The molecule has 8 heteroatoms. The molecule has 1 atom stereocenters. The number of ether oxygens (including phenoxy) is 4. The van der Waals surface area contributed by atoms with Gasteiger partial charge in [-0.05, 0) is 65.4 Å². The first-order chi connectivity index (χ1) is 17.4. The molecule has 4 rings (SSSR count). The van der Waals surface area contributed by atoms with Crippen molar-refractivity contribution in [2.24, 2.45) is 0 Å². The Labute approximate surface area is 214 Å². The van der Waals surface area contributed by atoms with E-state index in [1.54, 1.807) is 32.4 Å². The number of halogens is 1. The average Bonchev–Trinajstić information content (AvgIpc) is 3.11. The van der Waals surface area contributed by atoms with Gasteiger partial charge in [0.05, 0.1) is 27.4 Å². The number of aryl methyl sites for hydroxylation is 1. The van der Waals surface area contributed by atoms with Gasteiger partial charge in [-0.2, -0.15) is 0 Å². The zero-order chi connectivity index (χ0) is 25.8. The second-order valence-corrected chi connectivity index (χ2v) is 8.90. The molecule has 0 spiro atoms. The standard InChI is InChI=1S/C28H28ClNO6/c1-16(31)30-22-11-7-18-13-25(34-3)27(35-4)28(36-15-17-5-8-19(29)9-6-17)26(18)20-10-12-24(33-2)23(32)14-21(20)22/h5-6,8-10,12-14,22H,7,11,15H2,1-4H3,(H,30,31)/t22-/m0/s1. The van der Waals surface area contributed by atoms with Crippen LogP contribution in [0.25, 0.3) is 11.1 Å². The SMILES string of the molecule is COc1cc2c(c(OCc3ccc(Cl)cc3)c1OC)-c1ccc(OC)c(=O)cc1[C@@H](NC(C)=O)CC2. The van der Waals surface area contributed by atoms with Crippen LogP contribution in [-0.4, -0.2) is 27.2 Å². The van der Waals surface area contributed by atoms with E-state index in [0.29, 0.717) is 40.7 Å². The van der Waals surface area contributed by atoms with Crippen LogP contribution in [0.2, 0.25) is 5.02 Å². The van der Waals surface area contributed by atoms with Crippen LogP contribution in [0, 0.1) is 0 Å². The number of fused-ring (bicyclic) bond motifs is 3. The molecule has 1 N–H and O–H groups in total. The summed E-state index contributed by atoms with van der Waals surface area (Å²) in [5, 5.41) is 3.64. The number of carbonyl (C=O) groups is 1. The molecule has 0 radical (unpaired) electrons. The lowest BCUT2D eigenvalue weighted by molar-refractivity contribution is -0.119. The number of nitrogens with one attached hydrogen (secondary N) is 1. The third-order valence-corrected chi connectivity index (χ3v) is 6.44. The fourth-order valence-corrected chi connectivity index (χ4v) is 4.67. The van der Waals surface area contributed by atoms with Crippen molar-refractivity contribution in [2.75, 3.05) is 21.3 Å². The lowest BCUT2D eigenvalue weighted by atomic mass is 9.95. The van der Waals surface area contributed by atoms with E-state index >= 15 is 0 Å². The van der Waals surface area contributed by atoms with Gasteiger partial charge in [0.2, 0.25) is 17.1 Å². The van der Waals surface area contributed by atoms with Crippen molar-refractivity contribution < 1.29 is 23.7 Å². The Kier molecular flexibility index (Phi) is 7.70. The molecule has 3 aromatic carbocycles. The Bertz CT molecular complexity index is 1340. The minimum Gasteiger partial charge on any atom is -0.493 e. The molecule has 7 nitrogen and oxygen atoms in total. The molecule has 0 unspecified atom stereocenters. The molecule has 3 aromatic rings. The molecule has 0 aromatic heterocycles. The zero-order valence-corrected chi connectivity index (χ0v) is 21.4. The number of rotatable bonds is 7. The van der Waals surface area contributed by atoms with Crippen LogP contribution in [0.1, 0.15) is 36.1 Å². The largest absolute Gasteiger partial charge is 0.493 e. The van der Waals surface area contributed by atoms with Crippen LogP contribution in [0.3, 0.4) is 0 Å². The highest BCUT2D eigenvalue weighted by Crippen LogP contribution is 2.50. The molecule has 0 saturated carbocycles. The van der Waals surface area contributed by atoms with E-state index in [1.165, 1.54) is 20.1 Å². The Morgan fingerprint density at radius 2 is 1.69 bits per heavy atom. The molecule has 0 fully saturated rings. The van der Waals surface area contributed by atoms with Gasteiger partial charge >= 0.3 is 0 Å². The number of hydrogen-bond acceptors (Lipinski definition) is 6. The Balaban J connectivity index is 1.97. The van der Waals surface area contributed by atoms with Gasteiger partial charge in [-0.25, -0.2) is 0 Å². The monoisotopic (exact) mass is 509 g/mol. The van der Waals surface area contributed by atoms with E-state index < -0.39 is 0 Å². The van der Waals surface area contributed by atoms with Crippen LogP contribution in [0.5, 0.6) is 23.0 Å². The zero-order valence-electron chi connectivity index (χ0n) is 20.6. The Morgan fingerprint density at radius 3 is 2.33 bits per heavy atom. The first-order valence-corrected chi connectivity index (χ1v) is 11.9. The highest BCUT2D eigenvalue weighted by atomic mass is 35.5. The molecular formula is C28H28ClNO6. The highest BCUT2D eigenvalue weighted by molar-refractivity contribution is 6.30. The number of hydrogen-bond donors (Lipinski definition) is 1. The van der Waals surface area contributed by atoms with Crippen molar-refractivity contribution in [3.05, 3.63) is 80.5 Å². The van der Waals surface area contributed by atoms with Crippen LogP contribution >= 0.6 is 11.6 Å². The van der Waals surface area contributed by atoms with Gasteiger partial charge in [0.15, 0.2) is 17.2 Å². The second kappa shape index (κ2) is 10.9. The summed E-state index contributed by atoms with van der Waals surface area (Å²) in [7, 11) is 4.59. The minimum absolute atomic E-state index is 0.183. The molecule has 1 amide bonds. The molecule has 0 heterocycles. The highest BCUT2D eigenvalue weighted by Gasteiger charge is 2.30. The summed E-state index contributed by atoms with van der Waals surface area (Å²) in [6.07, 6.45) is 1.19. The summed E-state index contributed by atoms with van der Waals surface area (Å²) in [5.41, 5.74) is 3.80. The maximum absolute atomic E-state index is 12.9. The van der Waals surface area contributed by atoms with Gasteiger partial charge in [0.1, 0.15) is 6.61 Å². The molecule has 0 aliphatic heterocycles. The normalized spacial score (nSPS) is 14.1. The van der Waals surface area contributed by atoms with E-state index in [0.717, 1.165) is 22.3 Å². The van der Waals surface area contributed by atoms with Crippen molar-refractivity contribution in [1.29, 1.82) is 0 Å². The summed E-state index contributed by atoms with van der Waals surface area (Å²) < 4.78 is 23.1. The summed E-state index contributed by atoms with van der Waals surface area (Å²) in [6, 6.07) is 13.9.